The summed E-state index contributed by atoms with van der Waals surface area (Å²) in [6, 6.07) is 13.4. The summed E-state index contributed by atoms with van der Waals surface area (Å²) in [5, 5.41) is 3.30. The summed E-state index contributed by atoms with van der Waals surface area (Å²) in [5.74, 6) is 3.08. The van der Waals surface area contributed by atoms with Crippen LogP contribution in [0.1, 0.15) is 17.3 Å². The highest BCUT2D eigenvalue weighted by Gasteiger charge is 2.27. The number of hydrogen-bond acceptors (Lipinski definition) is 8. The smallest absolute Gasteiger partial charge is 0.345 e. The summed E-state index contributed by atoms with van der Waals surface area (Å²) < 4.78 is 5.38. The molecule has 3 heterocycles. The number of rotatable bonds is 6. The van der Waals surface area contributed by atoms with Gasteiger partial charge in [0.1, 0.15) is 11.4 Å². The topological polar surface area (TPSA) is 80.2 Å². The fraction of sp³-hybridized carbons (Fsp3) is 0.273. The maximum absolute atomic E-state index is 13.0. The second-order valence-electron chi connectivity index (χ2n) is 6.65. The van der Waals surface area contributed by atoms with E-state index in [1.54, 1.807) is 19.3 Å². The minimum atomic E-state index is -0.429. The highest BCUT2D eigenvalue weighted by Crippen LogP contribution is 2.32. The van der Waals surface area contributed by atoms with Crippen molar-refractivity contribution < 1.29 is 9.53 Å². The van der Waals surface area contributed by atoms with Crippen LogP contribution in [0.2, 0.25) is 0 Å². The lowest BCUT2D eigenvalue weighted by molar-refractivity contribution is 0.0527. The molecule has 1 aliphatic rings. The van der Waals surface area contributed by atoms with Crippen molar-refractivity contribution in [3.63, 3.8) is 0 Å². The first-order valence-corrected chi connectivity index (χ1v) is 11.1. The van der Waals surface area contributed by atoms with Crippen molar-refractivity contribution in [3.05, 3.63) is 60.4 Å². The predicted octanol–water partition coefficient (Wildman–Crippen LogP) is 4.01. The molecule has 8 heteroatoms. The number of nitrogens with zero attached hydrogens (tertiary/aromatic N) is 4. The normalized spacial score (nSPS) is 13.7. The third kappa shape index (κ3) is 4.54. The molecule has 0 atom stereocenters. The third-order valence-corrected chi connectivity index (χ3v) is 5.58. The third-order valence-electron chi connectivity index (χ3n) is 4.64. The highest BCUT2D eigenvalue weighted by molar-refractivity contribution is 7.99. The number of pyridine rings is 1. The van der Waals surface area contributed by atoms with Crippen molar-refractivity contribution in [2.45, 2.75) is 6.92 Å². The van der Waals surface area contributed by atoms with Crippen LogP contribution >= 0.6 is 11.8 Å². The number of benzene rings is 1. The molecule has 1 saturated heterocycles. The van der Waals surface area contributed by atoms with Gasteiger partial charge in [0, 0.05) is 48.2 Å². The monoisotopic (exact) mass is 421 g/mol. The molecule has 0 amide bonds. The second kappa shape index (κ2) is 9.58. The van der Waals surface area contributed by atoms with Crippen molar-refractivity contribution in [2.24, 2.45) is 0 Å². The number of thioether (sulfide) groups is 1. The molecular weight excluding hydrogens is 398 g/mol. The van der Waals surface area contributed by atoms with Gasteiger partial charge in [-0.15, -0.1) is 0 Å². The van der Waals surface area contributed by atoms with Crippen molar-refractivity contribution >= 4 is 35.1 Å². The van der Waals surface area contributed by atoms with Gasteiger partial charge in [-0.2, -0.15) is 11.8 Å². The number of anilines is 3. The summed E-state index contributed by atoms with van der Waals surface area (Å²) >= 11 is 1.90. The van der Waals surface area contributed by atoms with E-state index < -0.39 is 5.97 Å². The first-order valence-electron chi connectivity index (χ1n) is 9.90. The van der Waals surface area contributed by atoms with Gasteiger partial charge in [0.2, 0.25) is 0 Å². The summed E-state index contributed by atoms with van der Waals surface area (Å²) in [6.07, 6.45) is 3.43. The zero-order chi connectivity index (χ0) is 20.8. The molecule has 7 nitrogen and oxygen atoms in total. The number of carbonyl (C=O) groups excluding carboxylic acids is 1. The second-order valence-corrected chi connectivity index (χ2v) is 7.87. The summed E-state index contributed by atoms with van der Waals surface area (Å²) in [6.45, 7) is 3.70. The van der Waals surface area contributed by atoms with Gasteiger partial charge in [-0.3, -0.25) is 4.98 Å². The maximum atomic E-state index is 13.0. The molecule has 2 aromatic heterocycles. The van der Waals surface area contributed by atoms with Gasteiger partial charge in [0.15, 0.2) is 11.6 Å². The minimum absolute atomic E-state index is 0.281. The number of nitrogens with one attached hydrogen (secondary N) is 1. The number of carbonyl (C=O) groups is 1. The average molecular weight is 422 g/mol. The van der Waals surface area contributed by atoms with Crippen LogP contribution in [0.3, 0.4) is 0 Å². The van der Waals surface area contributed by atoms with Crippen LogP contribution in [0, 0.1) is 0 Å². The summed E-state index contributed by atoms with van der Waals surface area (Å²) in [7, 11) is 0. The molecular formula is C22H23N5O2S. The Hall–Kier alpha value is -3.13. The number of para-hydroxylation sites is 1. The Bertz CT molecular complexity index is 995. The lowest BCUT2D eigenvalue weighted by Gasteiger charge is -2.29. The Kier molecular flexibility index (Phi) is 6.44. The first-order chi connectivity index (χ1) is 14.8. The van der Waals surface area contributed by atoms with Crippen molar-refractivity contribution in [1.82, 2.24) is 15.0 Å². The number of aromatic nitrogens is 3. The van der Waals surface area contributed by atoms with E-state index in [4.69, 9.17) is 14.7 Å². The zero-order valence-electron chi connectivity index (χ0n) is 16.7. The van der Waals surface area contributed by atoms with Gasteiger partial charge in [-0.25, -0.2) is 14.8 Å². The van der Waals surface area contributed by atoms with E-state index in [2.05, 4.69) is 15.2 Å². The quantitative estimate of drug-likeness (QED) is 0.598. The van der Waals surface area contributed by atoms with E-state index >= 15 is 0 Å². The lowest BCUT2D eigenvalue weighted by Crippen LogP contribution is -2.35. The minimum Gasteiger partial charge on any atom is -0.462 e. The Morgan fingerprint density at radius 3 is 2.63 bits per heavy atom. The van der Waals surface area contributed by atoms with Crippen molar-refractivity contribution in [2.75, 3.05) is 41.4 Å². The fourth-order valence-corrected chi connectivity index (χ4v) is 4.12. The van der Waals surface area contributed by atoms with Crippen LogP contribution in [0.15, 0.2) is 54.9 Å². The Labute approximate surface area is 179 Å². The predicted molar refractivity (Wildman–Crippen MR) is 120 cm³/mol. The molecule has 0 radical (unpaired) electrons. The molecule has 0 aliphatic carbocycles. The molecule has 1 N–H and O–H groups in total. The van der Waals surface area contributed by atoms with Gasteiger partial charge >= 0.3 is 5.97 Å². The SMILES string of the molecule is CCOC(=O)c1c(Nc2ccccc2)nc(-c2cccnc2)nc1N1CCSCC1. The zero-order valence-corrected chi connectivity index (χ0v) is 17.6. The lowest BCUT2D eigenvalue weighted by atomic mass is 10.2. The molecule has 0 spiro atoms. The highest BCUT2D eigenvalue weighted by atomic mass is 32.2. The summed E-state index contributed by atoms with van der Waals surface area (Å²) in [5.41, 5.74) is 1.98. The van der Waals surface area contributed by atoms with Crippen molar-refractivity contribution in [3.8, 4) is 11.4 Å². The first kappa shape index (κ1) is 20.2. The fourth-order valence-electron chi connectivity index (χ4n) is 3.22. The van der Waals surface area contributed by atoms with E-state index in [1.165, 1.54) is 0 Å². The molecule has 4 rings (SSSR count). The van der Waals surface area contributed by atoms with E-state index in [9.17, 15) is 4.79 Å². The number of esters is 1. The van der Waals surface area contributed by atoms with Gasteiger partial charge in [0.25, 0.3) is 0 Å². The van der Waals surface area contributed by atoms with Crippen LogP contribution in [0.4, 0.5) is 17.3 Å². The standard InChI is InChI=1S/C22H23N5O2S/c1-2-29-22(28)18-20(24-17-8-4-3-5-9-17)25-19(16-7-6-10-23-15-16)26-21(18)27-11-13-30-14-12-27/h3-10,15H,2,11-14H2,1H3,(H,24,25,26). The molecule has 1 aromatic carbocycles. The average Bonchev–Trinajstić information content (AvgIpc) is 2.80. The van der Waals surface area contributed by atoms with Crippen LogP contribution < -0.4 is 10.2 Å². The molecule has 1 aliphatic heterocycles. The molecule has 0 bridgehead atoms. The molecule has 30 heavy (non-hydrogen) atoms. The Balaban J connectivity index is 1.88. The van der Waals surface area contributed by atoms with Gasteiger partial charge < -0.3 is 15.0 Å². The van der Waals surface area contributed by atoms with E-state index in [-0.39, 0.29) is 6.61 Å². The molecule has 0 saturated carbocycles. The van der Waals surface area contributed by atoms with Crippen LogP contribution in [-0.2, 0) is 4.74 Å². The summed E-state index contributed by atoms with van der Waals surface area (Å²) in [4.78, 5) is 28.8. The van der Waals surface area contributed by atoms with E-state index in [0.717, 1.165) is 35.8 Å². The molecule has 3 aromatic rings. The van der Waals surface area contributed by atoms with Gasteiger partial charge in [-0.1, -0.05) is 18.2 Å². The van der Waals surface area contributed by atoms with E-state index in [0.29, 0.717) is 23.0 Å². The molecule has 1 fully saturated rings. The maximum Gasteiger partial charge on any atom is 0.345 e. The largest absolute Gasteiger partial charge is 0.462 e. The van der Waals surface area contributed by atoms with Gasteiger partial charge in [0.05, 0.1) is 6.61 Å². The Morgan fingerprint density at radius 1 is 1.13 bits per heavy atom. The van der Waals surface area contributed by atoms with Crippen molar-refractivity contribution in [1.29, 1.82) is 0 Å². The van der Waals surface area contributed by atoms with Crippen LogP contribution in [0.25, 0.3) is 11.4 Å². The Morgan fingerprint density at radius 2 is 1.93 bits per heavy atom. The van der Waals surface area contributed by atoms with Gasteiger partial charge in [-0.05, 0) is 31.2 Å². The van der Waals surface area contributed by atoms with E-state index in [1.807, 2.05) is 54.2 Å². The number of ether oxygens (including phenoxy) is 1. The number of hydrogen-bond donors (Lipinski definition) is 1. The molecule has 154 valence electrons. The molecule has 0 unspecified atom stereocenters. The van der Waals surface area contributed by atoms with Crippen LogP contribution in [-0.4, -0.2) is 52.1 Å². The van der Waals surface area contributed by atoms with Crippen LogP contribution in [0.5, 0.6) is 0 Å².